The molecule has 0 aliphatic heterocycles. The average Bonchev–Trinajstić information content (AvgIpc) is 3.00. The monoisotopic (exact) mass is 244 g/mol. The molecule has 0 fully saturated rings. The van der Waals surface area contributed by atoms with Crippen molar-refractivity contribution in [2.24, 2.45) is 7.05 Å². The summed E-state index contributed by atoms with van der Waals surface area (Å²) in [4.78, 5) is 5.59. The first-order valence-corrected chi connectivity index (χ1v) is 6.24. The van der Waals surface area contributed by atoms with Crippen LogP contribution in [0.2, 0.25) is 0 Å². The molecule has 0 atom stereocenters. The van der Waals surface area contributed by atoms with E-state index in [0.29, 0.717) is 0 Å². The van der Waals surface area contributed by atoms with Crippen molar-refractivity contribution in [3.05, 3.63) is 47.9 Å². The number of imidazole rings is 1. The SMILES string of the molecule is Cn1ccc(Cn2ccnc2-c2cccs2)n1. The molecule has 0 aliphatic rings. The third-order valence-corrected chi connectivity index (χ3v) is 3.42. The van der Waals surface area contributed by atoms with Gasteiger partial charge in [0.05, 0.1) is 17.1 Å². The molecular weight excluding hydrogens is 232 g/mol. The average molecular weight is 244 g/mol. The van der Waals surface area contributed by atoms with Crippen LogP contribution in [0.15, 0.2) is 42.2 Å². The van der Waals surface area contributed by atoms with Crippen molar-refractivity contribution in [2.75, 3.05) is 0 Å². The van der Waals surface area contributed by atoms with Gasteiger partial charge in [0.15, 0.2) is 0 Å². The van der Waals surface area contributed by atoms with E-state index in [1.54, 1.807) is 11.3 Å². The second kappa shape index (κ2) is 4.18. The standard InChI is InChI=1S/C12H12N4S/c1-15-6-4-10(14-15)9-16-7-5-13-12(16)11-3-2-8-17-11/h2-8H,9H2,1H3. The van der Waals surface area contributed by atoms with Crippen LogP contribution in [0, 0.1) is 0 Å². The fourth-order valence-electron chi connectivity index (χ4n) is 1.79. The van der Waals surface area contributed by atoms with Crippen LogP contribution < -0.4 is 0 Å². The fraction of sp³-hybridized carbons (Fsp3) is 0.167. The maximum atomic E-state index is 4.40. The topological polar surface area (TPSA) is 35.6 Å². The molecule has 0 bridgehead atoms. The second-order valence-electron chi connectivity index (χ2n) is 3.84. The van der Waals surface area contributed by atoms with Gasteiger partial charge in [-0.3, -0.25) is 4.68 Å². The lowest BCUT2D eigenvalue weighted by molar-refractivity contribution is 0.709. The van der Waals surface area contributed by atoms with E-state index in [2.05, 4.69) is 26.1 Å². The van der Waals surface area contributed by atoms with Crippen LogP contribution >= 0.6 is 11.3 Å². The molecule has 3 heterocycles. The van der Waals surface area contributed by atoms with Crippen molar-refractivity contribution < 1.29 is 0 Å². The third kappa shape index (κ3) is 2.01. The first kappa shape index (κ1) is 10.3. The van der Waals surface area contributed by atoms with Gasteiger partial charge in [-0.2, -0.15) is 5.10 Å². The predicted octanol–water partition coefficient (Wildman–Crippen LogP) is 2.39. The third-order valence-electron chi connectivity index (χ3n) is 2.56. The Morgan fingerprint density at radius 2 is 2.24 bits per heavy atom. The minimum Gasteiger partial charge on any atom is -0.324 e. The zero-order valence-corrected chi connectivity index (χ0v) is 10.3. The molecule has 86 valence electrons. The highest BCUT2D eigenvalue weighted by atomic mass is 32.1. The molecule has 17 heavy (non-hydrogen) atoms. The maximum Gasteiger partial charge on any atom is 0.150 e. The highest BCUT2D eigenvalue weighted by Crippen LogP contribution is 2.23. The minimum atomic E-state index is 0.758. The summed E-state index contributed by atoms with van der Waals surface area (Å²) in [6.45, 7) is 0.758. The number of aryl methyl sites for hydroxylation is 1. The molecule has 3 rings (SSSR count). The summed E-state index contributed by atoms with van der Waals surface area (Å²) in [6.07, 6.45) is 5.78. The summed E-state index contributed by atoms with van der Waals surface area (Å²) < 4.78 is 3.94. The van der Waals surface area contributed by atoms with Crippen LogP contribution in [0.5, 0.6) is 0 Å². The number of thiophene rings is 1. The smallest absolute Gasteiger partial charge is 0.150 e. The number of aromatic nitrogens is 4. The van der Waals surface area contributed by atoms with Gasteiger partial charge in [0.2, 0.25) is 0 Å². The Labute approximate surface area is 103 Å². The van der Waals surface area contributed by atoms with E-state index in [1.807, 2.05) is 42.5 Å². The van der Waals surface area contributed by atoms with E-state index in [9.17, 15) is 0 Å². The lowest BCUT2D eigenvalue weighted by atomic mass is 10.4. The highest BCUT2D eigenvalue weighted by Gasteiger charge is 2.08. The molecule has 0 N–H and O–H groups in total. The quantitative estimate of drug-likeness (QED) is 0.709. The number of hydrogen-bond donors (Lipinski definition) is 0. The van der Waals surface area contributed by atoms with E-state index < -0.39 is 0 Å². The zero-order valence-electron chi connectivity index (χ0n) is 9.45. The van der Waals surface area contributed by atoms with Gasteiger partial charge in [-0.25, -0.2) is 4.98 Å². The van der Waals surface area contributed by atoms with Crippen molar-refractivity contribution in [1.29, 1.82) is 0 Å². The summed E-state index contributed by atoms with van der Waals surface area (Å²) in [6, 6.07) is 6.15. The minimum absolute atomic E-state index is 0.758. The van der Waals surface area contributed by atoms with Crippen LogP contribution in [-0.4, -0.2) is 19.3 Å². The first-order valence-electron chi connectivity index (χ1n) is 5.36. The van der Waals surface area contributed by atoms with Gasteiger partial charge in [0.1, 0.15) is 5.82 Å². The normalized spacial score (nSPS) is 10.9. The maximum absolute atomic E-state index is 4.40. The number of hydrogen-bond acceptors (Lipinski definition) is 3. The molecule has 5 heteroatoms. The van der Waals surface area contributed by atoms with Gasteiger partial charge in [-0.1, -0.05) is 6.07 Å². The Morgan fingerprint density at radius 3 is 2.94 bits per heavy atom. The molecule has 0 spiro atoms. The molecule has 4 nitrogen and oxygen atoms in total. The zero-order chi connectivity index (χ0) is 11.7. The molecule has 3 aromatic rings. The van der Waals surface area contributed by atoms with Crippen LogP contribution in [0.1, 0.15) is 5.69 Å². The van der Waals surface area contributed by atoms with E-state index in [1.165, 1.54) is 4.88 Å². The summed E-state index contributed by atoms with van der Waals surface area (Å²) in [5.74, 6) is 1.01. The summed E-state index contributed by atoms with van der Waals surface area (Å²) >= 11 is 1.70. The molecule has 0 unspecified atom stereocenters. The number of nitrogens with zero attached hydrogens (tertiary/aromatic N) is 4. The first-order chi connectivity index (χ1) is 8.33. The van der Waals surface area contributed by atoms with Gasteiger partial charge < -0.3 is 4.57 Å². The fourth-order valence-corrected chi connectivity index (χ4v) is 2.53. The van der Waals surface area contributed by atoms with Gasteiger partial charge in [-0.15, -0.1) is 11.3 Å². The summed E-state index contributed by atoms with van der Waals surface area (Å²) in [7, 11) is 1.93. The molecule has 0 aromatic carbocycles. The van der Waals surface area contributed by atoms with Gasteiger partial charge >= 0.3 is 0 Å². The van der Waals surface area contributed by atoms with Crippen molar-refractivity contribution in [1.82, 2.24) is 19.3 Å². The summed E-state index contributed by atoms with van der Waals surface area (Å²) in [5, 5.41) is 6.44. The van der Waals surface area contributed by atoms with Gasteiger partial charge in [0, 0.05) is 25.6 Å². The van der Waals surface area contributed by atoms with E-state index in [-0.39, 0.29) is 0 Å². The molecule has 0 saturated carbocycles. The van der Waals surface area contributed by atoms with E-state index >= 15 is 0 Å². The van der Waals surface area contributed by atoms with Crippen LogP contribution in [0.25, 0.3) is 10.7 Å². The predicted molar refractivity (Wildman–Crippen MR) is 67.9 cm³/mol. The summed E-state index contributed by atoms with van der Waals surface area (Å²) in [5.41, 5.74) is 1.04. The largest absolute Gasteiger partial charge is 0.324 e. The molecule has 0 amide bonds. The molecule has 0 saturated heterocycles. The van der Waals surface area contributed by atoms with Crippen molar-refractivity contribution >= 4 is 11.3 Å². The molecule has 3 aromatic heterocycles. The number of rotatable bonds is 3. The molecule has 0 aliphatic carbocycles. The Kier molecular flexibility index (Phi) is 2.53. The van der Waals surface area contributed by atoms with Crippen LogP contribution in [-0.2, 0) is 13.6 Å². The Balaban J connectivity index is 1.92. The lowest BCUT2D eigenvalue weighted by Gasteiger charge is -2.03. The van der Waals surface area contributed by atoms with Crippen LogP contribution in [0.3, 0.4) is 0 Å². The molecule has 0 radical (unpaired) electrons. The van der Waals surface area contributed by atoms with Gasteiger partial charge in [0.25, 0.3) is 0 Å². The second-order valence-corrected chi connectivity index (χ2v) is 4.78. The Morgan fingerprint density at radius 1 is 1.29 bits per heavy atom. The van der Waals surface area contributed by atoms with E-state index in [0.717, 1.165) is 18.1 Å². The van der Waals surface area contributed by atoms with Crippen molar-refractivity contribution in [3.63, 3.8) is 0 Å². The van der Waals surface area contributed by atoms with Gasteiger partial charge in [-0.05, 0) is 17.5 Å². The van der Waals surface area contributed by atoms with Crippen molar-refractivity contribution in [3.8, 4) is 10.7 Å². The molecular formula is C12H12N4S. The Hall–Kier alpha value is -1.88. The van der Waals surface area contributed by atoms with E-state index in [4.69, 9.17) is 0 Å². The Bertz CT molecular complexity index is 606. The lowest BCUT2D eigenvalue weighted by Crippen LogP contribution is -2.01. The van der Waals surface area contributed by atoms with Crippen LogP contribution in [0.4, 0.5) is 0 Å². The van der Waals surface area contributed by atoms with Crippen molar-refractivity contribution in [2.45, 2.75) is 6.54 Å². The highest BCUT2D eigenvalue weighted by molar-refractivity contribution is 7.13.